The maximum atomic E-state index is 12.5. The van der Waals surface area contributed by atoms with Crippen LogP contribution in [-0.2, 0) is 0 Å². The van der Waals surface area contributed by atoms with Crippen molar-refractivity contribution in [3.05, 3.63) is 59.6 Å². The number of aryl methyl sites for hydroxylation is 2. The van der Waals surface area contributed by atoms with Crippen LogP contribution in [-0.4, -0.2) is 21.9 Å². The molecule has 1 aliphatic rings. The molecule has 132 valence electrons. The summed E-state index contributed by atoms with van der Waals surface area (Å²) in [5.41, 5.74) is 3.04. The highest BCUT2D eigenvalue weighted by Crippen LogP contribution is 2.25. The summed E-state index contributed by atoms with van der Waals surface area (Å²) >= 11 is 0. The predicted molar refractivity (Wildman–Crippen MR) is 100 cm³/mol. The smallest absolute Gasteiger partial charge is 0.255 e. The Morgan fingerprint density at radius 1 is 1.15 bits per heavy atom. The Balaban J connectivity index is 1.45. The lowest BCUT2D eigenvalue weighted by Gasteiger charge is -2.08. The summed E-state index contributed by atoms with van der Waals surface area (Å²) in [5.74, 6) is 1.97. The van der Waals surface area contributed by atoms with Crippen LogP contribution in [0.1, 0.15) is 34.7 Å². The van der Waals surface area contributed by atoms with Gasteiger partial charge in [-0.3, -0.25) is 4.79 Å². The third kappa shape index (κ3) is 3.59. The first kappa shape index (κ1) is 16.3. The molecule has 0 saturated heterocycles. The normalized spacial score (nSPS) is 13.5. The lowest BCUT2D eigenvalue weighted by atomic mass is 10.2. The van der Waals surface area contributed by atoms with Crippen molar-refractivity contribution < 1.29 is 9.21 Å². The highest BCUT2D eigenvalue weighted by molar-refractivity contribution is 6.04. The quantitative estimate of drug-likeness (QED) is 0.723. The number of benzene rings is 1. The second kappa shape index (κ2) is 6.63. The Kier molecular flexibility index (Phi) is 4.16. The molecule has 2 N–H and O–H groups in total. The summed E-state index contributed by atoms with van der Waals surface area (Å²) < 4.78 is 5.63. The number of pyridine rings is 1. The van der Waals surface area contributed by atoms with Crippen LogP contribution < -0.4 is 10.6 Å². The number of hydrogen-bond donors (Lipinski definition) is 2. The van der Waals surface area contributed by atoms with Crippen LogP contribution in [0.25, 0.3) is 11.5 Å². The van der Waals surface area contributed by atoms with Gasteiger partial charge >= 0.3 is 0 Å². The number of amides is 1. The van der Waals surface area contributed by atoms with E-state index in [1.54, 1.807) is 18.3 Å². The topological polar surface area (TPSA) is 80.0 Å². The highest BCUT2D eigenvalue weighted by atomic mass is 16.4. The van der Waals surface area contributed by atoms with E-state index in [9.17, 15) is 4.79 Å². The second-order valence-electron chi connectivity index (χ2n) is 6.54. The summed E-state index contributed by atoms with van der Waals surface area (Å²) in [6, 6.07) is 11.4. The maximum absolute atomic E-state index is 12.5. The minimum Gasteiger partial charge on any atom is -0.441 e. The van der Waals surface area contributed by atoms with Crippen LogP contribution in [0.5, 0.6) is 0 Å². The molecule has 1 aromatic carbocycles. The molecule has 4 rings (SSSR count). The van der Waals surface area contributed by atoms with Gasteiger partial charge in [0.05, 0.1) is 5.69 Å². The van der Waals surface area contributed by atoms with E-state index in [1.807, 2.05) is 38.1 Å². The molecule has 6 heteroatoms. The lowest BCUT2D eigenvalue weighted by molar-refractivity contribution is 0.102. The first-order valence-corrected chi connectivity index (χ1v) is 8.67. The van der Waals surface area contributed by atoms with Crippen molar-refractivity contribution in [2.24, 2.45) is 0 Å². The van der Waals surface area contributed by atoms with E-state index < -0.39 is 0 Å². The number of nitrogens with zero attached hydrogens (tertiary/aromatic N) is 2. The van der Waals surface area contributed by atoms with Crippen LogP contribution in [0, 0.1) is 13.8 Å². The summed E-state index contributed by atoms with van der Waals surface area (Å²) in [4.78, 5) is 21.1. The van der Waals surface area contributed by atoms with E-state index in [1.165, 1.54) is 0 Å². The van der Waals surface area contributed by atoms with Gasteiger partial charge in [0, 0.05) is 29.1 Å². The van der Waals surface area contributed by atoms with Crippen LogP contribution in [0.2, 0.25) is 0 Å². The number of aromatic nitrogens is 2. The lowest BCUT2D eigenvalue weighted by Crippen LogP contribution is -2.13. The van der Waals surface area contributed by atoms with Gasteiger partial charge in [0.1, 0.15) is 11.6 Å². The Morgan fingerprint density at radius 3 is 2.58 bits per heavy atom. The molecule has 1 amide bonds. The summed E-state index contributed by atoms with van der Waals surface area (Å²) in [7, 11) is 0. The molecule has 6 nitrogen and oxygen atoms in total. The molecule has 0 radical (unpaired) electrons. The highest BCUT2D eigenvalue weighted by Gasteiger charge is 2.21. The minimum atomic E-state index is -0.165. The van der Waals surface area contributed by atoms with Gasteiger partial charge in [-0.1, -0.05) is 0 Å². The fourth-order valence-corrected chi connectivity index (χ4v) is 2.58. The molecule has 2 heterocycles. The maximum Gasteiger partial charge on any atom is 0.255 e. The third-order valence-corrected chi connectivity index (χ3v) is 4.37. The van der Waals surface area contributed by atoms with Gasteiger partial charge in [0.2, 0.25) is 5.89 Å². The van der Waals surface area contributed by atoms with Gasteiger partial charge in [0.25, 0.3) is 5.91 Å². The van der Waals surface area contributed by atoms with Crippen molar-refractivity contribution in [3.63, 3.8) is 0 Å². The standard InChI is InChI=1S/C20H20N4O2/c1-12-13(2)26-20(22-12)14-3-5-17(6-4-14)24-19(25)15-9-10-21-18(11-15)23-16-7-8-16/h3-6,9-11,16H,7-8H2,1-2H3,(H,21,23)(H,24,25). The van der Waals surface area contributed by atoms with Crippen molar-refractivity contribution >= 4 is 17.4 Å². The van der Waals surface area contributed by atoms with E-state index in [0.717, 1.165) is 35.7 Å². The Bertz CT molecular complexity index is 923. The molecular weight excluding hydrogens is 328 g/mol. The number of carbonyl (C=O) groups excluding carboxylic acids is 1. The fourth-order valence-electron chi connectivity index (χ4n) is 2.58. The first-order valence-electron chi connectivity index (χ1n) is 8.67. The van der Waals surface area contributed by atoms with Crippen molar-refractivity contribution in [2.45, 2.75) is 32.7 Å². The Hall–Kier alpha value is -3.15. The average Bonchev–Trinajstić information content (AvgIpc) is 3.39. The Labute approximate surface area is 151 Å². The van der Waals surface area contributed by atoms with Crippen LogP contribution in [0.4, 0.5) is 11.5 Å². The number of rotatable bonds is 5. The summed E-state index contributed by atoms with van der Waals surface area (Å²) in [6.45, 7) is 3.81. The molecule has 26 heavy (non-hydrogen) atoms. The zero-order valence-corrected chi connectivity index (χ0v) is 14.7. The predicted octanol–water partition coefficient (Wildman–Crippen LogP) is 4.18. The number of oxazole rings is 1. The molecule has 3 aromatic rings. The summed E-state index contributed by atoms with van der Waals surface area (Å²) in [5, 5.41) is 6.20. The SMILES string of the molecule is Cc1nc(-c2ccc(NC(=O)c3ccnc(NC4CC4)c3)cc2)oc1C. The van der Waals surface area contributed by atoms with Crippen LogP contribution in [0.15, 0.2) is 47.0 Å². The number of hydrogen-bond acceptors (Lipinski definition) is 5. The zero-order chi connectivity index (χ0) is 18.1. The molecular formula is C20H20N4O2. The molecule has 2 aromatic heterocycles. The number of nitrogens with one attached hydrogen (secondary N) is 2. The van der Waals surface area contributed by atoms with Crippen molar-refractivity contribution in [2.75, 3.05) is 10.6 Å². The molecule has 1 saturated carbocycles. The first-order chi connectivity index (χ1) is 12.6. The number of carbonyl (C=O) groups is 1. The fraction of sp³-hybridized carbons (Fsp3) is 0.250. The van der Waals surface area contributed by atoms with Crippen LogP contribution in [0.3, 0.4) is 0 Å². The molecule has 0 aliphatic heterocycles. The number of anilines is 2. The van der Waals surface area contributed by atoms with Crippen molar-refractivity contribution in [3.8, 4) is 11.5 Å². The summed E-state index contributed by atoms with van der Waals surface area (Å²) in [6.07, 6.45) is 3.97. The van der Waals surface area contributed by atoms with Gasteiger partial charge in [-0.05, 0) is 63.1 Å². The van der Waals surface area contributed by atoms with Gasteiger partial charge in [-0.15, -0.1) is 0 Å². The largest absolute Gasteiger partial charge is 0.441 e. The van der Waals surface area contributed by atoms with E-state index >= 15 is 0 Å². The van der Waals surface area contributed by atoms with Crippen LogP contribution >= 0.6 is 0 Å². The minimum absolute atomic E-state index is 0.165. The van der Waals surface area contributed by atoms with Gasteiger partial charge < -0.3 is 15.1 Å². The third-order valence-electron chi connectivity index (χ3n) is 4.37. The molecule has 0 bridgehead atoms. The monoisotopic (exact) mass is 348 g/mol. The second-order valence-corrected chi connectivity index (χ2v) is 6.54. The molecule has 1 aliphatic carbocycles. The zero-order valence-electron chi connectivity index (χ0n) is 14.7. The molecule has 0 atom stereocenters. The molecule has 0 spiro atoms. The molecule has 1 fully saturated rings. The van der Waals surface area contributed by atoms with Crippen molar-refractivity contribution in [1.82, 2.24) is 9.97 Å². The van der Waals surface area contributed by atoms with E-state index in [4.69, 9.17) is 4.42 Å². The van der Waals surface area contributed by atoms with Gasteiger partial charge in [0.15, 0.2) is 0 Å². The van der Waals surface area contributed by atoms with Gasteiger partial charge in [-0.2, -0.15) is 0 Å². The molecule has 0 unspecified atom stereocenters. The Morgan fingerprint density at radius 2 is 1.92 bits per heavy atom. The van der Waals surface area contributed by atoms with E-state index in [-0.39, 0.29) is 5.91 Å². The van der Waals surface area contributed by atoms with E-state index in [2.05, 4.69) is 20.6 Å². The van der Waals surface area contributed by atoms with E-state index in [0.29, 0.717) is 23.2 Å². The van der Waals surface area contributed by atoms with Gasteiger partial charge in [-0.25, -0.2) is 9.97 Å². The van der Waals surface area contributed by atoms with Crippen molar-refractivity contribution in [1.29, 1.82) is 0 Å². The average molecular weight is 348 g/mol.